The van der Waals surface area contributed by atoms with E-state index in [4.69, 9.17) is 4.74 Å². The fourth-order valence-corrected chi connectivity index (χ4v) is 3.73. The van der Waals surface area contributed by atoms with Crippen LogP contribution in [-0.4, -0.2) is 48.8 Å². The average Bonchev–Trinajstić information content (AvgIpc) is 2.67. The maximum absolute atomic E-state index is 9.32. The number of benzene rings is 1. The molecule has 2 fully saturated rings. The lowest BCUT2D eigenvalue weighted by Gasteiger charge is -2.48. The van der Waals surface area contributed by atoms with Gasteiger partial charge in [0.2, 0.25) is 0 Å². The topological polar surface area (TPSA) is 52.4 Å². The van der Waals surface area contributed by atoms with Crippen LogP contribution in [0.15, 0.2) is 48.7 Å². The van der Waals surface area contributed by atoms with Crippen LogP contribution in [0.25, 0.3) is 0 Å². The standard InChI is InChI=1S/C19H20N4O/c20-11-16-7-4-8-21-19(16)22-9-10-23-17(12-22)13-24-14-18(23)15-5-2-1-3-6-15/h1-8,17-18H,9-10,12-14H2/t17-,18-/m1/s1. The van der Waals surface area contributed by atoms with E-state index in [2.05, 4.69) is 45.1 Å². The molecule has 2 saturated heterocycles. The van der Waals surface area contributed by atoms with E-state index in [0.717, 1.165) is 38.7 Å². The zero-order valence-corrected chi connectivity index (χ0v) is 13.5. The van der Waals surface area contributed by atoms with Crippen LogP contribution in [0.5, 0.6) is 0 Å². The zero-order valence-electron chi connectivity index (χ0n) is 13.5. The highest BCUT2D eigenvalue weighted by molar-refractivity contribution is 5.54. The number of morpholine rings is 1. The number of aromatic nitrogens is 1. The van der Waals surface area contributed by atoms with Crippen LogP contribution in [-0.2, 0) is 4.74 Å². The van der Waals surface area contributed by atoms with E-state index in [1.54, 1.807) is 6.20 Å². The molecule has 0 radical (unpaired) electrons. The van der Waals surface area contributed by atoms with Gasteiger partial charge in [-0.3, -0.25) is 4.90 Å². The van der Waals surface area contributed by atoms with Gasteiger partial charge in [0.05, 0.1) is 30.9 Å². The molecular formula is C19H20N4O. The Labute approximate surface area is 142 Å². The summed E-state index contributed by atoms with van der Waals surface area (Å²) >= 11 is 0. The molecule has 0 N–H and O–H groups in total. The van der Waals surface area contributed by atoms with Crippen molar-refractivity contribution in [2.24, 2.45) is 0 Å². The van der Waals surface area contributed by atoms with Gasteiger partial charge in [-0.15, -0.1) is 0 Å². The Kier molecular flexibility index (Phi) is 4.16. The molecule has 2 aromatic rings. The van der Waals surface area contributed by atoms with Gasteiger partial charge in [0.25, 0.3) is 0 Å². The van der Waals surface area contributed by atoms with E-state index in [9.17, 15) is 5.26 Å². The second kappa shape index (κ2) is 6.60. The molecule has 3 heterocycles. The number of nitrogens with zero attached hydrogens (tertiary/aromatic N) is 4. The third-order valence-corrected chi connectivity index (χ3v) is 4.91. The Morgan fingerprint density at radius 2 is 1.96 bits per heavy atom. The smallest absolute Gasteiger partial charge is 0.146 e. The van der Waals surface area contributed by atoms with E-state index in [1.807, 2.05) is 18.2 Å². The predicted molar refractivity (Wildman–Crippen MR) is 91.7 cm³/mol. The largest absolute Gasteiger partial charge is 0.378 e. The first-order chi connectivity index (χ1) is 11.9. The Hall–Kier alpha value is -2.42. The predicted octanol–water partition coefficient (Wildman–Crippen LogP) is 2.22. The van der Waals surface area contributed by atoms with Crippen molar-refractivity contribution in [2.75, 3.05) is 37.7 Å². The quantitative estimate of drug-likeness (QED) is 0.849. The van der Waals surface area contributed by atoms with E-state index >= 15 is 0 Å². The highest BCUT2D eigenvalue weighted by Gasteiger charge is 2.37. The summed E-state index contributed by atoms with van der Waals surface area (Å²) in [6, 6.07) is 17.1. The molecule has 0 spiro atoms. The molecular weight excluding hydrogens is 300 g/mol. The molecule has 0 unspecified atom stereocenters. The van der Waals surface area contributed by atoms with Crippen LogP contribution >= 0.6 is 0 Å². The van der Waals surface area contributed by atoms with Crippen molar-refractivity contribution in [2.45, 2.75) is 12.1 Å². The van der Waals surface area contributed by atoms with Gasteiger partial charge in [-0.2, -0.15) is 5.26 Å². The van der Waals surface area contributed by atoms with E-state index in [0.29, 0.717) is 17.6 Å². The Morgan fingerprint density at radius 3 is 2.79 bits per heavy atom. The van der Waals surface area contributed by atoms with Crippen LogP contribution in [0.1, 0.15) is 17.2 Å². The molecule has 1 aromatic heterocycles. The first-order valence-corrected chi connectivity index (χ1v) is 8.35. The monoisotopic (exact) mass is 320 g/mol. The van der Waals surface area contributed by atoms with Gasteiger partial charge in [-0.05, 0) is 17.7 Å². The SMILES string of the molecule is N#Cc1cccnc1N1CCN2[C@@H](COC[C@@H]2c2ccccc2)C1. The van der Waals surface area contributed by atoms with Crippen LogP contribution in [0, 0.1) is 11.3 Å². The summed E-state index contributed by atoms with van der Waals surface area (Å²) in [6.07, 6.45) is 1.76. The maximum atomic E-state index is 9.32. The fraction of sp³-hybridized carbons (Fsp3) is 0.368. The summed E-state index contributed by atoms with van der Waals surface area (Å²) in [6.45, 7) is 4.15. The van der Waals surface area contributed by atoms with Gasteiger partial charge in [-0.1, -0.05) is 30.3 Å². The summed E-state index contributed by atoms with van der Waals surface area (Å²) in [5.41, 5.74) is 1.95. The molecule has 122 valence electrons. The second-order valence-electron chi connectivity index (χ2n) is 6.29. The number of hydrogen-bond donors (Lipinski definition) is 0. The molecule has 0 aliphatic carbocycles. The molecule has 2 aliphatic rings. The molecule has 0 bridgehead atoms. The Morgan fingerprint density at radius 1 is 1.08 bits per heavy atom. The van der Waals surface area contributed by atoms with Crippen molar-refractivity contribution in [3.63, 3.8) is 0 Å². The Balaban J connectivity index is 1.55. The second-order valence-corrected chi connectivity index (χ2v) is 6.29. The lowest BCUT2D eigenvalue weighted by molar-refractivity contribution is -0.0548. The first kappa shape index (κ1) is 15.1. The number of rotatable bonds is 2. The minimum absolute atomic E-state index is 0.311. The number of fused-ring (bicyclic) bond motifs is 1. The molecule has 4 rings (SSSR count). The van der Waals surface area contributed by atoms with Crippen LogP contribution in [0.2, 0.25) is 0 Å². The summed E-state index contributed by atoms with van der Waals surface area (Å²) in [5, 5.41) is 9.32. The first-order valence-electron chi connectivity index (χ1n) is 8.35. The molecule has 24 heavy (non-hydrogen) atoms. The van der Waals surface area contributed by atoms with Gasteiger partial charge in [0.15, 0.2) is 0 Å². The van der Waals surface area contributed by atoms with Gasteiger partial charge >= 0.3 is 0 Å². The number of hydrogen-bond acceptors (Lipinski definition) is 5. The lowest BCUT2D eigenvalue weighted by Crippen LogP contribution is -2.59. The zero-order chi connectivity index (χ0) is 16.4. The van der Waals surface area contributed by atoms with Crippen LogP contribution < -0.4 is 4.90 Å². The Bertz CT molecular complexity index is 743. The van der Waals surface area contributed by atoms with Crippen LogP contribution in [0.4, 0.5) is 5.82 Å². The molecule has 0 saturated carbocycles. The van der Waals surface area contributed by atoms with Gasteiger partial charge < -0.3 is 9.64 Å². The van der Waals surface area contributed by atoms with Gasteiger partial charge in [0.1, 0.15) is 11.9 Å². The molecule has 1 aromatic carbocycles. The average molecular weight is 320 g/mol. The van der Waals surface area contributed by atoms with Crippen molar-refractivity contribution in [3.8, 4) is 6.07 Å². The normalized spacial score (nSPS) is 24.2. The molecule has 2 atom stereocenters. The van der Waals surface area contributed by atoms with Crippen molar-refractivity contribution in [1.29, 1.82) is 5.26 Å². The van der Waals surface area contributed by atoms with Crippen molar-refractivity contribution in [3.05, 3.63) is 59.8 Å². The van der Waals surface area contributed by atoms with Crippen molar-refractivity contribution in [1.82, 2.24) is 9.88 Å². The third-order valence-electron chi connectivity index (χ3n) is 4.91. The fourth-order valence-electron chi connectivity index (χ4n) is 3.73. The molecule has 5 nitrogen and oxygen atoms in total. The van der Waals surface area contributed by atoms with Crippen molar-refractivity contribution < 1.29 is 4.74 Å². The van der Waals surface area contributed by atoms with E-state index < -0.39 is 0 Å². The van der Waals surface area contributed by atoms with Crippen molar-refractivity contribution >= 4 is 5.82 Å². The summed E-state index contributed by atoms with van der Waals surface area (Å²) in [5.74, 6) is 0.793. The number of nitriles is 1. The number of piperazine rings is 1. The molecule has 0 amide bonds. The van der Waals surface area contributed by atoms with Crippen LogP contribution in [0.3, 0.4) is 0 Å². The molecule has 5 heteroatoms. The summed E-state index contributed by atoms with van der Waals surface area (Å²) < 4.78 is 5.89. The summed E-state index contributed by atoms with van der Waals surface area (Å²) in [7, 11) is 0. The van der Waals surface area contributed by atoms with Gasteiger partial charge in [-0.25, -0.2) is 4.98 Å². The highest BCUT2D eigenvalue weighted by Crippen LogP contribution is 2.31. The van der Waals surface area contributed by atoms with E-state index in [1.165, 1.54) is 5.56 Å². The lowest BCUT2D eigenvalue weighted by atomic mass is 10.00. The highest BCUT2D eigenvalue weighted by atomic mass is 16.5. The minimum atomic E-state index is 0.311. The number of ether oxygens (including phenoxy) is 1. The molecule has 2 aliphatic heterocycles. The number of anilines is 1. The third kappa shape index (κ3) is 2.75. The minimum Gasteiger partial charge on any atom is -0.378 e. The maximum Gasteiger partial charge on any atom is 0.146 e. The van der Waals surface area contributed by atoms with Gasteiger partial charge in [0, 0.05) is 25.8 Å². The number of pyridine rings is 1. The summed E-state index contributed by atoms with van der Waals surface area (Å²) in [4.78, 5) is 9.20. The van der Waals surface area contributed by atoms with E-state index in [-0.39, 0.29) is 0 Å².